The first-order valence-electron chi connectivity index (χ1n) is 6.94. The maximum atomic E-state index is 12.1. The molecule has 0 amide bonds. The van der Waals surface area contributed by atoms with Gasteiger partial charge in [0.2, 0.25) is 0 Å². The second kappa shape index (κ2) is 5.38. The van der Waals surface area contributed by atoms with Crippen LogP contribution in [0.25, 0.3) is 0 Å². The van der Waals surface area contributed by atoms with Crippen LogP contribution in [-0.4, -0.2) is 24.3 Å². The Hall–Kier alpha value is -0.570. The average Bonchev–Trinajstić information content (AvgIpc) is 2.84. The van der Waals surface area contributed by atoms with Crippen molar-refractivity contribution in [3.05, 3.63) is 0 Å². The Labute approximate surface area is 104 Å². The molecule has 0 radical (unpaired) electrons. The third-order valence-corrected chi connectivity index (χ3v) is 4.01. The number of hydrogen-bond donors (Lipinski definition) is 0. The largest absolute Gasteiger partial charge is 0.457 e. The lowest BCUT2D eigenvalue weighted by atomic mass is 9.89. The number of carbonyl (C=O) groups excluding carboxylic acids is 1. The summed E-state index contributed by atoms with van der Waals surface area (Å²) < 4.78 is 11.3. The van der Waals surface area contributed by atoms with Crippen LogP contribution >= 0.6 is 0 Å². The minimum Gasteiger partial charge on any atom is -0.457 e. The Kier molecular flexibility index (Phi) is 4.08. The topological polar surface area (TPSA) is 35.5 Å². The molecule has 17 heavy (non-hydrogen) atoms. The second-order valence-electron chi connectivity index (χ2n) is 5.86. The van der Waals surface area contributed by atoms with Crippen molar-refractivity contribution < 1.29 is 14.3 Å². The number of carbonyl (C=O) groups is 1. The van der Waals surface area contributed by atoms with Gasteiger partial charge in [0.15, 0.2) is 0 Å². The van der Waals surface area contributed by atoms with Crippen LogP contribution in [0, 0.1) is 5.92 Å². The first-order chi connectivity index (χ1) is 8.09. The lowest BCUT2D eigenvalue weighted by Crippen LogP contribution is -2.42. The molecule has 1 heterocycles. The van der Waals surface area contributed by atoms with E-state index in [-0.39, 0.29) is 18.0 Å². The van der Waals surface area contributed by atoms with Gasteiger partial charge in [0.25, 0.3) is 0 Å². The Morgan fingerprint density at radius 3 is 2.41 bits per heavy atom. The van der Waals surface area contributed by atoms with Crippen LogP contribution in [0.4, 0.5) is 0 Å². The number of hydrogen-bond acceptors (Lipinski definition) is 3. The predicted molar refractivity (Wildman–Crippen MR) is 65.7 cm³/mol. The van der Waals surface area contributed by atoms with Crippen molar-refractivity contribution in [2.24, 2.45) is 5.92 Å². The number of rotatable bonds is 3. The molecule has 0 spiro atoms. The van der Waals surface area contributed by atoms with Crippen LogP contribution < -0.4 is 0 Å². The van der Waals surface area contributed by atoms with Gasteiger partial charge in [-0.2, -0.15) is 0 Å². The van der Waals surface area contributed by atoms with Gasteiger partial charge in [0, 0.05) is 6.61 Å². The first kappa shape index (κ1) is 12.9. The minimum absolute atomic E-state index is 0.00907. The van der Waals surface area contributed by atoms with E-state index in [1.54, 1.807) is 0 Å². The van der Waals surface area contributed by atoms with E-state index >= 15 is 0 Å². The molecule has 2 aliphatic rings. The highest BCUT2D eigenvalue weighted by molar-refractivity contribution is 5.73. The van der Waals surface area contributed by atoms with E-state index in [0.29, 0.717) is 0 Å². The third kappa shape index (κ3) is 3.21. The summed E-state index contributed by atoms with van der Waals surface area (Å²) in [5.74, 6) is 0.120. The summed E-state index contributed by atoms with van der Waals surface area (Å²) in [5.41, 5.74) is -0.467. The van der Waals surface area contributed by atoms with Gasteiger partial charge in [-0.1, -0.05) is 19.3 Å². The van der Waals surface area contributed by atoms with E-state index in [2.05, 4.69) is 0 Å². The first-order valence-corrected chi connectivity index (χ1v) is 6.94. The molecule has 0 bridgehead atoms. The van der Waals surface area contributed by atoms with Gasteiger partial charge in [0.05, 0.1) is 12.0 Å². The summed E-state index contributed by atoms with van der Waals surface area (Å²) >= 11 is 0. The molecule has 0 N–H and O–H groups in total. The minimum atomic E-state index is -0.467. The van der Waals surface area contributed by atoms with Crippen LogP contribution in [0.2, 0.25) is 0 Å². The highest BCUT2D eigenvalue weighted by Gasteiger charge is 2.38. The maximum Gasteiger partial charge on any atom is 0.309 e. The molecule has 2 rings (SSSR count). The van der Waals surface area contributed by atoms with Crippen molar-refractivity contribution in [2.75, 3.05) is 6.61 Å². The standard InChI is InChI=1S/C14H24O3/c1-14(2,12-9-6-10-16-12)17-13(15)11-7-4-3-5-8-11/h11-12H,3-10H2,1-2H3. The van der Waals surface area contributed by atoms with Crippen LogP contribution in [0.5, 0.6) is 0 Å². The quantitative estimate of drug-likeness (QED) is 0.711. The van der Waals surface area contributed by atoms with E-state index in [1.165, 1.54) is 19.3 Å². The Morgan fingerprint density at radius 1 is 1.12 bits per heavy atom. The molecule has 1 atom stereocenters. The van der Waals surface area contributed by atoms with Gasteiger partial charge in [-0.05, 0) is 39.5 Å². The predicted octanol–water partition coefficient (Wildman–Crippen LogP) is 3.07. The Morgan fingerprint density at radius 2 is 1.82 bits per heavy atom. The van der Waals surface area contributed by atoms with Crippen LogP contribution in [0.1, 0.15) is 58.8 Å². The summed E-state index contributed by atoms with van der Waals surface area (Å²) in [6, 6.07) is 0. The lowest BCUT2D eigenvalue weighted by Gasteiger charge is -2.33. The van der Waals surface area contributed by atoms with Gasteiger partial charge in [-0.3, -0.25) is 4.79 Å². The summed E-state index contributed by atoms with van der Waals surface area (Å²) in [4.78, 5) is 12.1. The molecule has 0 aromatic rings. The summed E-state index contributed by atoms with van der Waals surface area (Å²) in [7, 11) is 0. The van der Waals surface area contributed by atoms with Gasteiger partial charge in [0.1, 0.15) is 5.60 Å². The van der Waals surface area contributed by atoms with Gasteiger partial charge < -0.3 is 9.47 Å². The van der Waals surface area contributed by atoms with E-state index in [4.69, 9.17) is 9.47 Å². The van der Waals surface area contributed by atoms with Crippen molar-refractivity contribution in [1.82, 2.24) is 0 Å². The molecule has 1 aliphatic heterocycles. The molecule has 0 aromatic heterocycles. The van der Waals surface area contributed by atoms with E-state index in [9.17, 15) is 4.79 Å². The molecule has 1 saturated carbocycles. The highest BCUT2D eigenvalue weighted by atomic mass is 16.6. The smallest absolute Gasteiger partial charge is 0.309 e. The fourth-order valence-corrected chi connectivity index (χ4v) is 2.87. The fourth-order valence-electron chi connectivity index (χ4n) is 2.87. The van der Waals surface area contributed by atoms with E-state index in [1.807, 2.05) is 13.8 Å². The molecule has 0 aromatic carbocycles. The molecule has 98 valence electrons. The third-order valence-electron chi connectivity index (χ3n) is 4.01. The zero-order valence-corrected chi connectivity index (χ0v) is 11.0. The SMILES string of the molecule is CC(C)(OC(=O)C1CCCCC1)C1CCCO1. The van der Waals surface area contributed by atoms with Gasteiger partial charge in [-0.25, -0.2) is 0 Å². The van der Waals surface area contributed by atoms with E-state index in [0.717, 1.165) is 32.3 Å². The molecule has 3 nitrogen and oxygen atoms in total. The zero-order valence-electron chi connectivity index (χ0n) is 11.0. The van der Waals surface area contributed by atoms with Crippen molar-refractivity contribution in [3.63, 3.8) is 0 Å². The lowest BCUT2D eigenvalue weighted by molar-refractivity contribution is -0.174. The van der Waals surface area contributed by atoms with Crippen molar-refractivity contribution in [3.8, 4) is 0 Å². The summed E-state index contributed by atoms with van der Waals surface area (Å²) in [5, 5.41) is 0. The van der Waals surface area contributed by atoms with Crippen molar-refractivity contribution in [1.29, 1.82) is 0 Å². The van der Waals surface area contributed by atoms with Crippen molar-refractivity contribution in [2.45, 2.75) is 70.5 Å². The second-order valence-corrected chi connectivity index (χ2v) is 5.86. The monoisotopic (exact) mass is 240 g/mol. The molecule has 1 unspecified atom stereocenters. The summed E-state index contributed by atoms with van der Waals surface area (Å²) in [6.07, 6.45) is 7.76. The maximum absolute atomic E-state index is 12.1. The molecule has 1 aliphatic carbocycles. The fraction of sp³-hybridized carbons (Fsp3) is 0.929. The molecule has 3 heteroatoms. The Balaban J connectivity index is 1.87. The highest BCUT2D eigenvalue weighted by Crippen LogP contribution is 2.30. The summed E-state index contributed by atoms with van der Waals surface area (Å²) in [6.45, 7) is 4.75. The van der Waals surface area contributed by atoms with Gasteiger partial charge in [-0.15, -0.1) is 0 Å². The average molecular weight is 240 g/mol. The van der Waals surface area contributed by atoms with Crippen LogP contribution in [0.15, 0.2) is 0 Å². The van der Waals surface area contributed by atoms with Crippen LogP contribution in [-0.2, 0) is 14.3 Å². The van der Waals surface area contributed by atoms with Gasteiger partial charge >= 0.3 is 5.97 Å². The number of esters is 1. The molecular formula is C14H24O3. The normalized spacial score (nSPS) is 27.1. The van der Waals surface area contributed by atoms with Crippen LogP contribution in [0.3, 0.4) is 0 Å². The zero-order chi connectivity index (χ0) is 12.3. The molecular weight excluding hydrogens is 216 g/mol. The molecule has 2 fully saturated rings. The van der Waals surface area contributed by atoms with Crippen molar-refractivity contribution >= 4 is 5.97 Å². The Bertz CT molecular complexity index is 261. The van der Waals surface area contributed by atoms with E-state index < -0.39 is 5.60 Å². The number of ether oxygens (including phenoxy) is 2. The molecule has 1 saturated heterocycles.